The van der Waals surface area contributed by atoms with Crippen molar-refractivity contribution in [3.63, 3.8) is 0 Å². The molecule has 0 aliphatic rings. The van der Waals surface area contributed by atoms with Gasteiger partial charge in [-0.1, -0.05) is 60.1 Å². The molecule has 0 saturated carbocycles. The third-order valence-electron chi connectivity index (χ3n) is 2.59. The first-order valence-electron chi connectivity index (χ1n) is 6.00. The monoisotopic (exact) mass is 297 g/mol. The molecular weight excluding hydrogens is 278 g/mol. The van der Waals surface area contributed by atoms with Crippen LogP contribution in [0.3, 0.4) is 0 Å². The van der Waals surface area contributed by atoms with Gasteiger partial charge in [-0.05, 0) is 24.8 Å². The van der Waals surface area contributed by atoms with Gasteiger partial charge in [0.2, 0.25) is 5.91 Å². The van der Waals surface area contributed by atoms with E-state index in [4.69, 9.17) is 0 Å². The molecule has 2 nitrogen and oxygen atoms in total. The molecule has 2 atom stereocenters. The number of benzene rings is 1. The Bertz CT molecular complexity index is 348. The van der Waals surface area contributed by atoms with Crippen molar-refractivity contribution in [3.8, 4) is 0 Å². The molecule has 1 rings (SSSR count). The van der Waals surface area contributed by atoms with Gasteiger partial charge in [0, 0.05) is 0 Å². The lowest BCUT2D eigenvalue weighted by Gasteiger charge is -2.21. The van der Waals surface area contributed by atoms with Crippen LogP contribution in [0.2, 0.25) is 0 Å². The molecule has 0 saturated heterocycles. The number of hydrogen-bond acceptors (Lipinski definition) is 1. The smallest absolute Gasteiger partial charge is 0.233 e. The minimum Gasteiger partial charge on any atom is -0.348 e. The Hall–Kier alpha value is -0.830. The fourth-order valence-electron chi connectivity index (χ4n) is 1.72. The average Bonchev–Trinajstić information content (AvgIpc) is 2.28. The normalized spacial score (nSPS) is 14.4. The summed E-state index contributed by atoms with van der Waals surface area (Å²) in [5.74, 6) is 0.589. The molecule has 0 bridgehead atoms. The third kappa shape index (κ3) is 4.90. The molecule has 1 aromatic rings. The summed E-state index contributed by atoms with van der Waals surface area (Å²) in [5.41, 5.74) is 1.17. The van der Waals surface area contributed by atoms with E-state index in [1.54, 1.807) is 0 Å². The van der Waals surface area contributed by atoms with Crippen molar-refractivity contribution in [2.45, 2.75) is 38.1 Å². The van der Waals surface area contributed by atoms with E-state index in [0.29, 0.717) is 5.92 Å². The SMILES string of the molecule is CC(C)CC(NC(=O)C(C)Br)c1ccccc1. The lowest BCUT2D eigenvalue weighted by Crippen LogP contribution is -2.33. The van der Waals surface area contributed by atoms with Gasteiger partial charge < -0.3 is 5.32 Å². The Labute approximate surface area is 112 Å². The van der Waals surface area contributed by atoms with Gasteiger partial charge in [-0.15, -0.1) is 0 Å². The summed E-state index contributed by atoms with van der Waals surface area (Å²) in [4.78, 5) is 11.6. The lowest BCUT2D eigenvalue weighted by molar-refractivity contribution is -0.121. The van der Waals surface area contributed by atoms with Crippen LogP contribution in [0.5, 0.6) is 0 Å². The molecule has 0 radical (unpaired) electrons. The van der Waals surface area contributed by atoms with Crippen molar-refractivity contribution in [1.29, 1.82) is 0 Å². The third-order valence-corrected chi connectivity index (χ3v) is 3.00. The number of carbonyl (C=O) groups excluding carboxylic acids is 1. The molecule has 0 aliphatic heterocycles. The Balaban J connectivity index is 2.78. The van der Waals surface area contributed by atoms with Gasteiger partial charge >= 0.3 is 0 Å². The molecule has 0 spiro atoms. The number of nitrogens with one attached hydrogen (secondary N) is 1. The van der Waals surface area contributed by atoms with Crippen LogP contribution in [0.15, 0.2) is 30.3 Å². The molecule has 2 unspecified atom stereocenters. The van der Waals surface area contributed by atoms with Crippen LogP contribution in [-0.4, -0.2) is 10.7 Å². The Kier molecular flexibility index (Phi) is 5.69. The van der Waals surface area contributed by atoms with Gasteiger partial charge in [0.25, 0.3) is 0 Å². The van der Waals surface area contributed by atoms with Crippen molar-refractivity contribution >= 4 is 21.8 Å². The Morgan fingerprint density at radius 2 is 1.82 bits per heavy atom. The van der Waals surface area contributed by atoms with E-state index in [0.717, 1.165) is 6.42 Å². The van der Waals surface area contributed by atoms with E-state index >= 15 is 0 Å². The number of carbonyl (C=O) groups is 1. The van der Waals surface area contributed by atoms with E-state index in [1.807, 2.05) is 25.1 Å². The van der Waals surface area contributed by atoms with Crippen LogP contribution in [0.1, 0.15) is 38.8 Å². The van der Waals surface area contributed by atoms with Gasteiger partial charge in [0.15, 0.2) is 0 Å². The van der Waals surface area contributed by atoms with E-state index in [9.17, 15) is 4.79 Å². The van der Waals surface area contributed by atoms with Crippen molar-refractivity contribution in [3.05, 3.63) is 35.9 Å². The molecule has 0 heterocycles. The van der Waals surface area contributed by atoms with Crippen molar-refractivity contribution in [2.75, 3.05) is 0 Å². The van der Waals surface area contributed by atoms with Gasteiger partial charge in [-0.25, -0.2) is 0 Å². The zero-order valence-electron chi connectivity index (χ0n) is 10.6. The number of hydrogen-bond donors (Lipinski definition) is 1. The second-order valence-electron chi connectivity index (χ2n) is 4.72. The maximum Gasteiger partial charge on any atom is 0.233 e. The fourth-order valence-corrected chi connectivity index (χ4v) is 1.85. The fraction of sp³-hybridized carbons (Fsp3) is 0.500. The summed E-state index contributed by atoms with van der Waals surface area (Å²) >= 11 is 3.30. The van der Waals surface area contributed by atoms with Crippen LogP contribution in [-0.2, 0) is 4.79 Å². The summed E-state index contributed by atoms with van der Waals surface area (Å²) in [7, 11) is 0. The van der Waals surface area contributed by atoms with Crippen molar-refractivity contribution in [1.82, 2.24) is 5.32 Å². The molecule has 94 valence electrons. The van der Waals surface area contributed by atoms with Crippen molar-refractivity contribution in [2.24, 2.45) is 5.92 Å². The topological polar surface area (TPSA) is 29.1 Å². The van der Waals surface area contributed by atoms with Gasteiger partial charge in [0.1, 0.15) is 0 Å². The molecular formula is C14H20BrNO. The average molecular weight is 298 g/mol. The number of rotatable bonds is 5. The van der Waals surface area contributed by atoms with E-state index in [1.165, 1.54) is 5.56 Å². The van der Waals surface area contributed by atoms with Crippen LogP contribution in [0, 0.1) is 5.92 Å². The largest absolute Gasteiger partial charge is 0.348 e. The van der Waals surface area contributed by atoms with Crippen LogP contribution in [0.4, 0.5) is 0 Å². The standard InChI is InChI=1S/C14H20BrNO/c1-10(2)9-13(16-14(17)11(3)15)12-7-5-4-6-8-12/h4-8,10-11,13H,9H2,1-3H3,(H,16,17). The molecule has 0 aliphatic carbocycles. The van der Waals surface area contributed by atoms with Crippen LogP contribution in [0.25, 0.3) is 0 Å². The lowest BCUT2D eigenvalue weighted by atomic mass is 9.97. The summed E-state index contributed by atoms with van der Waals surface area (Å²) in [5, 5.41) is 3.08. The number of halogens is 1. The highest BCUT2D eigenvalue weighted by Crippen LogP contribution is 2.21. The molecule has 1 N–H and O–H groups in total. The molecule has 1 amide bonds. The number of alkyl halides is 1. The summed E-state index contributed by atoms with van der Waals surface area (Å²) in [6, 6.07) is 10.2. The summed E-state index contributed by atoms with van der Waals surface area (Å²) < 4.78 is 0. The quantitative estimate of drug-likeness (QED) is 0.826. The molecule has 1 aromatic carbocycles. The predicted octanol–water partition coefficient (Wildman–Crippen LogP) is 3.67. The van der Waals surface area contributed by atoms with Crippen molar-refractivity contribution < 1.29 is 4.79 Å². The molecule has 0 aromatic heterocycles. The van der Waals surface area contributed by atoms with E-state index in [2.05, 4.69) is 47.2 Å². The zero-order chi connectivity index (χ0) is 12.8. The highest BCUT2D eigenvalue weighted by molar-refractivity contribution is 9.10. The minimum atomic E-state index is -0.152. The highest BCUT2D eigenvalue weighted by Gasteiger charge is 2.18. The van der Waals surface area contributed by atoms with E-state index < -0.39 is 0 Å². The molecule has 17 heavy (non-hydrogen) atoms. The van der Waals surface area contributed by atoms with Crippen LogP contribution >= 0.6 is 15.9 Å². The van der Waals surface area contributed by atoms with E-state index in [-0.39, 0.29) is 16.8 Å². The maximum absolute atomic E-state index is 11.8. The van der Waals surface area contributed by atoms with Gasteiger partial charge in [0.05, 0.1) is 10.9 Å². The zero-order valence-corrected chi connectivity index (χ0v) is 12.2. The molecule has 0 fully saturated rings. The predicted molar refractivity (Wildman–Crippen MR) is 75.2 cm³/mol. The first-order valence-corrected chi connectivity index (χ1v) is 6.91. The first-order chi connectivity index (χ1) is 8.00. The highest BCUT2D eigenvalue weighted by atomic mass is 79.9. The molecule has 3 heteroatoms. The second-order valence-corrected chi connectivity index (χ2v) is 6.09. The maximum atomic E-state index is 11.8. The summed E-state index contributed by atoms with van der Waals surface area (Å²) in [6.07, 6.45) is 0.954. The summed E-state index contributed by atoms with van der Waals surface area (Å²) in [6.45, 7) is 6.17. The minimum absolute atomic E-state index is 0.0412. The number of amides is 1. The van der Waals surface area contributed by atoms with Gasteiger partial charge in [-0.3, -0.25) is 4.79 Å². The second kappa shape index (κ2) is 6.80. The first kappa shape index (κ1) is 14.2. The van der Waals surface area contributed by atoms with Crippen LogP contribution < -0.4 is 5.32 Å². The Morgan fingerprint density at radius 3 is 2.29 bits per heavy atom. The Morgan fingerprint density at radius 1 is 1.24 bits per heavy atom. The van der Waals surface area contributed by atoms with Gasteiger partial charge in [-0.2, -0.15) is 0 Å².